The molecule has 0 fully saturated rings. The lowest BCUT2D eigenvalue weighted by Crippen LogP contribution is -2.35. The first-order valence-corrected chi connectivity index (χ1v) is 8.21. The van der Waals surface area contributed by atoms with Crippen LogP contribution in [0.15, 0.2) is 54.6 Å². The molecule has 2 amide bonds. The fourth-order valence-electron chi connectivity index (χ4n) is 2.68. The molecular formula is C20H23FN2O2. The van der Waals surface area contributed by atoms with Gasteiger partial charge in [-0.15, -0.1) is 0 Å². The zero-order valence-electron chi connectivity index (χ0n) is 14.7. The second-order valence-corrected chi connectivity index (χ2v) is 6.10. The first-order valence-electron chi connectivity index (χ1n) is 8.21. The average molecular weight is 342 g/mol. The first kappa shape index (κ1) is 18.6. The fraction of sp³-hybridized carbons (Fsp3) is 0.300. The van der Waals surface area contributed by atoms with Crippen molar-refractivity contribution in [3.05, 3.63) is 71.5 Å². The average Bonchev–Trinajstić information content (AvgIpc) is 2.61. The molecule has 5 heteroatoms. The lowest BCUT2D eigenvalue weighted by molar-refractivity contribution is -0.132. The minimum absolute atomic E-state index is 0.0978. The summed E-state index contributed by atoms with van der Waals surface area (Å²) in [6, 6.07) is 14.9. The quantitative estimate of drug-likeness (QED) is 0.872. The smallest absolute Gasteiger partial charge is 0.225 e. The summed E-state index contributed by atoms with van der Waals surface area (Å²) in [6.07, 6.45) is 0.158. The van der Waals surface area contributed by atoms with E-state index in [-0.39, 0.29) is 36.1 Å². The Kier molecular flexibility index (Phi) is 6.28. The zero-order chi connectivity index (χ0) is 18.4. The maximum Gasteiger partial charge on any atom is 0.225 e. The molecule has 0 heterocycles. The third-order valence-electron chi connectivity index (χ3n) is 4.28. The van der Waals surface area contributed by atoms with Crippen molar-refractivity contribution in [1.29, 1.82) is 0 Å². The number of amides is 2. The predicted molar refractivity (Wildman–Crippen MR) is 95.2 cm³/mol. The van der Waals surface area contributed by atoms with Gasteiger partial charge < -0.3 is 10.2 Å². The van der Waals surface area contributed by atoms with Crippen LogP contribution in [0.4, 0.5) is 4.39 Å². The number of hydrogen-bond donors (Lipinski definition) is 1. The summed E-state index contributed by atoms with van der Waals surface area (Å²) in [6.45, 7) is 3.33. The van der Waals surface area contributed by atoms with E-state index < -0.39 is 0 Å². The number of hydrogen-bond acceptors (Lipinski definition) is 2. The zero-order valence-corrected chi connectivity index (χ0v) is 14.7. The molecule has 1 N–H and O–H groups in total. The molecule has 2 rings (SSSR count). The Morgan fingerprint density at radius 1 is 1.04 bits per heavy atom. The van der Waals surface area contributed by atoms with E-state index >= 15 is 0 Å². The first-order chi connectivity index (χ1) is 11.9. The van der Waals surface area contributed by atoms with Gasteiger partial charge in [-0.1, -0.05) is 42.5 Å². The molecule has 0 radical (unpaired) electrons. The largest absolute Gasteiger partial charge is 0.349 e. The van der Waals surface area contributed by atoms with Crippen molar-refractivity contribution in [2.45, 2.75) is 32.4 Å². The van der Waals surface area contributed by atoms with Crippen molar-refractivity contribution in [3.63, 3.8) is 0 Å². The van der Waals surface area contributed by atoms with E-state index in [4.69, 9.17) is 0 Å². The van der Waals surface area contributed by atoms with Crippen molar-refractivity contribution >= 4 is 11.8 Å². The summed E-state index contributed by atoms with van der Waals surface area (Å²) in [7, 11) is 1.71. The Morgan fingerprint density at radius 2 is 1.64 bits per heavy atom. The van der Waals surface area contributed by atoms with Crippen LogP contribution in [-0.2, 0) is 9.59 Å². The summed E-state index contributed by atoms with van der Waals surface area (Å²) >= 11 is 0. The molecule has 2 atom stereocenters. The molecule has 0 aliphatic carbocycles. The number of nitrogens with one attached hydrogen (secondary N) is 1. The predicted octanol–water partition coefficient (Wildman–Crippen LogP) is 3.61. The number of benzene rings is 2. The van der Waals surface area contributed by atoms with Crippen LogP contribution in [0.2, 0.25) is 0 Å². The van der Waals surface area contributed by atoms with Crippen molar-refractivity contribution in [2.75, 3.05) is 7.05 Å². The van der Waals surface area contributed by atoms with Gasteiger partial charge in [0, 0.05) is 14.0 Å². The molecule has 25 heavy (non-hydrogen) atoms. The minimum Gasteiger partial charge on any atom is -0.349 e. The van der Waals surface area contributed by atoms with Gasteiger partial charge in [-0.2, -0.15) is 0 Å². The van der Waals surface area contributed by atoms with Gasteiger partial charge in [0.05, 0.1) is 18.5 Å². The number of carbonyl (C=O) groups excluding carboxylic acids is 2. The molecule has 2 aromatic carbocycles. The van der Waals surface area contributed by atoms with Gasteiger partial charge in [0.15, 0.2) is 0 Å². The highest BCUT2D eigenvalue weighted by atomic mass is 19.1. The molecule has 0 bridgehead atoms. The standard InChI is InChI=1S/C20H23FN2O2/c1-14(16-9-11-18(21)12-10-16)23(3)20(25)13-19(22-15(2)24)17-7-5-4-6-8-17/h4-12,14,19H,13H2,1-3H3,(H,22,24). The van der Waals surface area contributed by atoms with Crippen LogP contribution in [0.5, 0.6) is 0 Å². The molecule has 0 saturated heterocycles. The van der Waals surface area contributed by atoms with Crippen molar-refractivity contribution in [2.24, 2.45) is 0 Å². The lowest BCUT2D eigenvalue weighted by atomic mass is 10.0. The molecule has 2 unspecified atom stereocenters. The second kappa shape index (κ2) is 8.42. The summed E-state index contributed by atoms with van der Waals surface area (Å²) in [5.74, 6) is -0.588. The highest BCUT2D eigenvalue weighted by molar-refractivity contribution is 5.79. The lowest BCUT2D eigenvalue weighted by Gasteiger charge is -2.28. The highest BCUT2D eigenvalue weighted by Gasteiger charge is 2.22. The van der Waals surface area contributed by atoms with Crippen molar-refractivity contribution in [3.8, 4) is 0 Å². The van der Waals surface area contributed by atoms with Crippen LogP contribution in [0.3, 0.4) is 0 Å². The topological polar surface area (TPSA) is 49.4 Å². The third-order valence-corrected chi connectivity index (χ3v) is 4.28. The summed E-state index contributed by atoms with van der Waals surface area (Å²) in [4.78, 5) is 25.8. The van der Waals surface area contributed by atoms with E-state index in [0.717, 1.165) is 11.1 Å². The number of halogens is 1. The van der Waals surface area contributed by atoms with Crippen molar-refractivity contribution < 1.29 is 14.0 Å². The van der Waals surface area contributed by atoms with Gasteiger partial charge in [0.2, 0.25) is 11.8 Å². The summed E-state index contributed by atoms with van der Waals surface area (Å²) in [5.41, 5.74) is 1.74. The SMILES string of the molecule is CC(=O)NC(CC(=O)N(C)C(C)c1ccc(F)cc1)c1ccccc1. The number of rotatable bonds is 6. The molecule has 0 saturated carbocycles. The third kappa shape index (κ3) is 5.14. The van der Waals surface area contributed by atoms with Gasteiger partial charge in [0.25, 0.3) is 0 Å². The van der Waals surface area contributed by atoms with Crippen LogP contribution in [0, 0.1) is 5.82 Å². The normalized spacial score (nSPS) is 13.0. The Labute approximate surface area is 147 Å². The van der Waals surface area contributed by atoms with Gasteiger partial charge in [-0.25, -0.2) is 4.39 Å². The van der Waals surface area contributed by atoms with E-state index in [0.29, 0.717) is 0 Å². The molecule has 0 aromatic heterocycles. The van der Waals surface area contributed by atoms with Crippen LogP contribution in [0.25, 0.3) is 0 Å². The van der Waals surface area contributed by atoms with Gasteiger partial charge in [0.1, 0.15) is 5.82 Å². The summed E-state index contributed by atoms with van der Waals surface area (Å²) in [5, 5.41) is 2.83. The Morgan fingerprint density at radius 3 is 2.20 bits per heavy atom. The molecule has 0 spiro atoms. The van der Waals surface area contributed by atoms with E-state index in [2.05, 4.69) is 5.32 Å². The van der Waals surface area contributed by atoms with Crippen LogP contribution in [-0.4, -0.2) is 23.8 Å². The van der Waals surface area contributed by atoms with Gasteiger partial charge in [-0.3, -0.25) is 9.59 Å². The second-order valence-electron chi connectivity index (χ2n) is 6.10. The van der Waals surface area contributed by atoms with E-state index in [9.17, 15) is 14.0 Å². The van der Waals surface area contributed by atoms with Crippen LogP contribution < -0.4 is 5.32 Å². The Bertz CT molecular complexity index is 716. The van der Waals surface area contributed by atoms with E-state index in [1.165, 1.54) is 19.1 Å². The van der Waals surface area contributed by atoms with Gasteiger partial charge >= 0.3 is 0 Å². The molecule has 2 aromatic rings. The van der Waals surface area contributed by atoms with Gasteiger partial charge in [-0.05, 0) is 30.2 Å². The Hall–Kier alpha value is -2.69. The molecule has 0 aliphatic heterocycles. The molecule has 4 nitrogen and oxygen atoms in total. The Balaban J connectivity index is 2.11. The van der Waals surface area contributed by atoms with E-state index in [1.54, 1.807) is 24.1 Å². The van der Waals surface area contributed by atoms with Crippen LogP contribution >= 0.6 is 0 Å². The molecule has 0 aliphatic rings. The van der Waals surface area contributed by atoms with E-state index in [1.807, 2.05) is 37.3 Å². The maximum absolute atomic E-state index is 13.1. The summed E-state index contributed by atoms with van der Waals surface area (Å²) < 4.78 is 13.1. The highest BCUT2D eigenvalue weighted by Crippen LogP contribution is 2.23. The van der Waals surface area contributed by atoms with Crippen LogP contribution in [0.1, 0.15) is 43.5 Å². The molecule has 132 valence electrons. The monoisotopic (exact) mass is 342 g/mol. The fourth-order valence-corrected chi connectivity index (χ4v) is 2.68. The minimum atomic E-state index is -0.380. The number of nitrogens with zero attached hydrogens (tertiary/aromatic N) is 1. The van der Waals surface area contributed by atoms with Crippen molar-refractivity contribution in [1.82, 2.24) is 10.2 Å². The maximum atomic E-state index is 13.1. The number of carbonyl (C=O) groups is 2. The molecular weight excluding hydrogens is 319 g/mol.